The summed E-state index contributed by atoms with van der Waals surface area (Å²) in [5.74, 6) is 0. The molecule has 2 N–H and O–H groups in total. The second-order valence-electron chi connectivity index (χ2n) is 2.42. The zero-order valence-corrected chi connectivity index (χ0v) is 7.71. The zero-order chi connectivity index (χ0) is 8.43. The van der Waals surface area contributed by atoms with E-state index in [4.69, 9.17) is 28.9 Å². The fourth-order valence-electron chi connectivity index (χ4n) is 0.945. The van der Waals surface area contributed by atoms with Gasteiger partial charge in [-0.2, -0.15) is 0 Å². The molecule has 0 radical (unpaired) electrons. The van der Waals surface area contributed by atoms with Crippen LogP contribution in [0.25, 0.3) is 0 Å². The molecule has 0 aromatic heterocycles. The number of hydrogen-bond donors (Lipinski definition) is 1. The Labute approximate surface area is 76.1 Å². The Balaban J connectivity index is 3.24. The first-order valence-corrected chi connectivity index (χ1v) is 4.05. The fraction of sp³-hybridized carbons (Fsp3) is 0.250. The number of nitrogens with two attached hydrogens (primary N) is 1. The van der Waals surface area contributed by atoms with E-state index in [-0.39, 0.29) is 0 Å². The van der Waals surface area contributed by atoms with Crippen LogP contribution in [0.15, 0.2) is 12.1 Å². The molecule has 11 heavy (non-hydrogen) atoms. The highest BCUT2D eigenvalue weighted by atomic mass is 35.5. The van der Waals surface area contributed by atoms with Crippen LogP contribution in [0.2, 0.25) is 10.0 Å². The van der Waals surface area contributed by atoms with Gasteiger partial charge in [0.1, 0.15) is 0 Å². The van der Waals surface area contributed by atoms with Crippen LogP contribution in [-0.4, -0.2) is 0 Å². The third-order valence-electron chi connectivity index (χ3n) is 1.47. The van der Waals surface area contributed by atoms with E-state index in [1.165, 1.54) is 0 Å². The lowest BCUT2D eigenvalue weighted by molar-refractivity contribution is 1.07. The second-order valence-corrected chi connectivity index (χ2v) is 3.21. The molecule has 0 aliphatic rings. The van der Waals surface area contributed by atoms with Gasteiger partial charge in [-0.25, -0.2) is 0 Å². The molecular weight excluding hydrogens is 181 g/mol. The topological polar surface area (TPSA) is 26.0 Å². The molecule has 0 aliphatic heterocycles. The second kappa shape index (κ2) is 3.44. The van der Waals surface area contributed by atoms with Crippen LogP contribution in [0.4, 0.5) is 0 Å². The first kappa shape index (κ1) is 8.85. The summed E-state index contributed by atoms with van der Waals surface area (Å²) in [5, 5.41) is 1.15. The molecule has 0 aliphatic carbocycles. The Morgan fingerprint density at radius 2 is 2.00 bits per heavy atom. The number of benzene rings is 1. The summed E-state index contributed by atoms with van der Waals surface area (Å²) < 4.78 is 0. The first-order chi connectivity index (χ1) is 5.15. The van der Waals surface area contributed by atoms with Gasteiger partial charge < -0.3 is 5.73 Å². The minimum Gasteiger partial charge on any atom is -0.326 e. The Morgan fingerprint density at radius 1 is 1.36 bits per heavy atom. The van der Waals surface area contributed by atoms with Crippen molar-refractivity contribution >= 4 is 23.2 Å². The van der Waals surface area contributed by atoms with E-state index in [9.17, 15) is 0 Å². The summed E-state index contributed by atoms with van der Waals surface area (Å²) in [6.45, 7) is 2.39. The average Bonchev–Trinajstić information content (AvgIpc) is 1.96. The Kier molecular flexibility index (Phi) is 2.77. The number of rotatable bonds is 1. The third-order valence-corrected chi connectivity index (χ3v) is 2.31. The van der Waals surface area contributed by atoms with Gasteiger partial charge in [0.25, 0.3) is 0 Å². The van der Waals surface area contributed by atoms with Gasteiger partial charge in [0, 0.05) is 6.54 Å². The zero-order valence-electron chi connectivity index (χ0n) is 6.20. The van der Waals surface area contributed by atoms with Crippen molar-refractivity contribution in [2.24, 2.45) is 5.73 Å². The van der Waals surface area contributed by atoms with Gasteiger partial charge in [-0.1, -0.05) is 29.3 Å². The van der Waals surface area contributed by atoms with E-state index in [1.54, 1.807) is 0 Å². The molecule has 0 bridgehead atoms. The van der Waals surface area contributed by atoms with Crippen molar-refractivity contribution in [3.63, 3.8) is 0 Å². The average molecular weight is 190 g/mol. The largest absolute Gasteiger partial charge is 0.326 e. The van der Waals surface area contributed by atoms with Gasteiger partial charge in [-0.05, 0) is 24.1 Å². The quantitative estimate of drug-likeness (QED) is 0.723. The number of aryl methyl sites for hydroxylation is 1. The summed E-state index contributed by atoms with van der Waals surface area (Å²) in [6.07, 6.45) is 0. The lowest BCUT2D eigenvalue weighted by atomic mass is 10.1. The Hall–Kier alpha value is -0.240. The van der Waals surface area contributed by atoms with E-state index in [1.807, 2.05) is 19.1 Å². The highest BCUT2D eigenvalue weighted by Gasteiger charge is 2.03. The van der Waals surface area contributed by atoms with Crippen LogP contribution in [0.1, 0.15) is 11.1 Å². The van der Waals surface area contributed by atoms with Crippen molar-refractivity contribution in [3.05, 3.63) is 33.3 Å². The van der Waals surface area contributed by atoms with Crippen LogP contribution in [0, 0.1) is 6.92 Å². The normalized spacial score (nSPS) is 10.2. The summed E-state index contributed by atoms with van der Waals surface area (Å²) in [4.78, 5) is 0. The van der Waals surface area contributed by atoms with E-state index < -0.39 is 0 Å². The molecule has 0 fully saturated rings. The summed E-state index contributed by atoms with van der Waals surface area (Å²) >= 11 is 11.7. The maximum Gasteiger partial charge on any atom is 0.0637 e. The molecule has 1 rings (SSSR count). The Bertz CT molecular complexity index is 271. The van der Waals surface area contributed by atoms with Gasteiger partial charge >= 0.3 is 0 Å². The molecule has 0 saturated heterocycles. The van der Waals surface area contributed by atoms with Gasteiger partial charge in [-0.3, -0.25) is 0 Å². The molecule has 0 atom stereocenters. The lowest BCUT2D eigenvalue weighted by Gasteiger charge is -2.03. The highest BCUT2D eigenvalue weighted by molar-refractivity contribution is 6.42. The molecule has 3 heteroatoms. The molecule has 0 heterocycles. The smallest absolute Gasteiger partial charge is 0.0637 e. The molecule has 0 saturated carbocycles. The molecular formula is C8H9Cl2N. The van der Waals surface area contributed by atoms with Crippen LogP contribution in [-0.2, 0) is 6.54 Å². The predicted molar refractivity (Wildman–Crippen MR) is 49.1 cm³/mol. The first-order valence-electron chi connectivity index (χ1n) is 3.29. The summed E-state index contributed by atoms with van der Waals surface area (Å²) in [6, 6.07) is 3.76. The van der Waals surface area contributed by atoms with Gasteiger partial charge in [0.2, 0.25) is 0 Å². The standard InChI is InChI=1S/C8H9Cl2N/c1-5-2-6(4-11)8(10)7(9)3-5/h2-3H,4,11H2,1H3. The van der Waals surface area contributed by atoms with Crippen molar-refractivity contribution in [3.8, 4) is 0 Å². The highest BCUT2D eigenvalue weighted by Crippen LogP contribution is 2.26. The minimum absolute atomic E-state index is 0.431. The van der Waals surface area contributed by atoms with Crippen molar-refractivity contribution in [1.29, 1.82) is 0 Å². The molecule has 0 spiro atoms. The van der Waals surface area contributed by atoms with Gasteiger partial charge in [0.05, 0.1) is 10.0 Å². The van der Waals surface area contributed by atoms with Gasteiger partial charge in [-0.15, -0.1) is 0 Å². The van der Waals surface area contributed by atoms with E-state index in [2.05, 4.69) is 0 Å². The van der Waals surface area contributed by atoms with Crippen molar-refractivity contribution < 1.29 is 0 Å². The lowest BCUT2D eigenvalue weighted by Crippen LogP contribution is -1.97. The SMILES string of the molecule is Cc1cc(Cl)c(Cl)c(CN)c1. The van der Waals surface area contributed by atoms with Crippen molar-refractivity contribution in [2.45, 2.75) is 13.5 Å². The van der Waals surface area contributed by atoms with Crippen LogP contribution in [0.3, 0.4) is 0 Å². The van der Waals surface area contributed by atoms with Gasteiger partial charge in [0.15, 0.2) is 0 Å². The summed E-state index contributed by atoms with van der Waals surface area (Å²) in [5.41, 5.74) is 7.43. The van der Waals surface area contributed by atoms with Crippen molar-refractivity contribution in [2.75, 3.05) is 0 Å². The molecule has 1 aromatic rings. The maximum atomic E-state index is 5.85. The van der Waals surface area contributed by atoms with E-state index in [0.717, 1.165) is 11.1 Å². The van der Waals surface area contributed by atoms with Crippen LogP contribution >= 0.6 is 23.2 Å². The van der Waals surface area contributed by atoms with Crippen LogP contribution < -0.4 is 5.73 Å². The monoisotopic (exact) mass is 189 g/mol. The van der Waals surface area contributed by atoms with Crippen molar-refractivity contribution in [1.82, 2.24) is 0 Å². The summed E-state index contributed by atoms with van der Waals surface area (Å²) in [7, 11) is 0. The predicted octanol–water partition coefficient (Wildman–Crippen LogP) is 2.76. The Morgan fingerprint density at radius 3 is 2.55 bits per heavy atom. The molecule has 1 aromatic carbocycles. The van der Waals surface area contributed by atoms with E-state index in [0.29, 0.717) is 16.6 Å². The van der Waals surface area contributed by atoms with E-state index >= 15 is 0 Å². The maximum absolute atomic E-state index is 5.85. The molecule has 60 valence electrons. The third kappa shape index (κ3) is 1.86. The number of halogens is 2. The van der Waals surface area contributed by atoms with Crippen LogP contribution in [0.5, 0.6) is 0 Å². The molecule has 0 amide bonds. The fourth-order valence-corrected chi connectivity index (χ4v) is 1.42. The minimum atomic E-state index is 0.431. The molecule has 0 unspecified atom stereocenters. The molecule has 1 nitrogen and oxygen atoms in total. The number of hydrogen-bond acceptors (Lipinski definition) is 1.